The van der Waals surface area contributed by atoms with Gasteiger partial charge in [-0.1, -0.05) is 0 Å². The fourth-order valence-corrected chi connectivity index (χ4v) is 3.05. The smallest absolute Gasteiger partial charge is 0.285 e. The van der Waals surface area contributed by atoms with Crippen molar-refractivity contribution in [3.05, 3.63) is 39.4 Å². The molecule has 3 rings (SSSR count). The van der Waals surface area contributed by atoms with Gasteiger partial charge in [0.25, 0.3) is 11.6 Å². The van der Waals surface area contributed by atoms with E-state index in [0.717, 1.165) is 13.1 Å². The molecule has 0 bridgehead atoms. The topological polar surface area (TPSA) is 75.5 Å². The van der Waals surface area contributed by atoms with E-state index in [1.807, 2.05) is 0 Å². The Labute approximate surface area is 118 Å². The van der Waals surface area contributed by atoms with Crippen LogP contribution in [0.15, 0.2) is 12.1 Å². The number of likely N-dealkylation sites (tertiary alicyclic amines) is 1. The molecule has 6 nitrogen and oxygen atoms in total. The average molecular weight is 297 g/mol. The van der Waals surface area contributed by atoms with Gasteiger partial charge in [0.05, 0.1) is 11.0 Å². The normalized spacial score (nSPS) is 24.2. The van der Waals surface area contributed by atoms with Crippen LogP contribution in [0.3, 0.4) is 0 Å². The van der Waals surface area contributed by atoms with E-state index in [9.17, 15) is 23.7 Å². The molecule has 1 amide bonds. The molecule has 2 aliphatic heterocycles. The number of fused-ring (bicyclic) bond motifs is 1. The number of rotatable bonds is 2. The van der Waals surface area contributed by atoms with Crippen LogP contribution in [0.2, 0.25) is 0 Å². The van der Waals surface area contributed by atoms with Gasteiger partial charge in [-0.05, 0) is 17.9 Å². The molecule has 21 heavy (non-hydrogen) atoms. The van der Waals surface area contributed by atoms with E-state index in [1.54, 1.807) is 0 Å². The van der Waals surface area contributed by atoms with Gasteiger partial charge >= 0.3 is 0 Å². The maximum Gasteiger partial charge on any atom is 0.285 e. The Balaban J connectivity index is 1.91. The first kappa shape index (κ1) is 13.9. The molecule has 1 aromatic carbocycles. The molecule has 112 valence electrons. The standard InChI is InChI=1S/C13H13F2N3O3/c14-10-1-9(12(18(20)21)2-11(10)15)13(19)17-5-7-3-16-4-8(7)6-17/h1-2,7-8,16H,3-6H2/t7-,8+. The first-order valence-corrected chi connectivity index (χ1v) is 6.61. The van der Waals surface area contributed by atoms with Crippen molar-refractivity contribution < 1.29 is 18.5 Å². The summed E-state index contributed by atoms with van der Waals surface area (Å²) in [5, 5.41) is 14.2. The number of carbonyl (C=O) groups excluding carboxylic acids is 1. The summed E-state index contributed by atoms with van der Waals surface area (Å²) in [5.41, 5.74) is -1.10. The van der Waals surface area contributed by atoms with Crippen LogP contribution < -0.4 is 5.32 Å². The molecule has 2 fully saturated rings. The monoisotopic (exact) mass is 297 g/mol. The summed E-state index contributed by atoms with van der Waals surface area (Å²) >= 11 is 0. The molecule has 0 saturated carbocycles. The zero-order valence-corrected chi connectivity index (χ0v) is 11.0. The number of amides is 1. The second-order valence-corrected chi connectivity index (χ2v) is 5.43. The minimum atomic E-state index is -1.33. The number of nitrogens with one attached hydrogen (secondary N) is 1. The molecule has 0 aliphatic carbocycles. The van der Waals surface area contributed by atoms with Gasteiger partial charge in [-0.3, -0.25) is 14.9 Å². The van der Waals surface area contributed by atoms with Crippen molar-refractivity contribution in [3.63, 3.8) is 0 Å². The number of halogens is 2. The highest BCUT2D eigenvalue weighted by Gasteiger charge is 2.39. The first-order valence-electron chi connectivity index (χ1n) is 6.61. The van der Waals surface area contributed by atoms with Crippen LogP contribution in [0.5, 0.6) is 0 Å². The van der Waals surface area contributed by atoms with Crippen LogP contribution in [0.25, 0.3) is 0 Å². The predicted molar refractivity (Wildman–Crippen MR) is 68.8 cm³/mol. The van der Waals surface area contributed by atoms with Crippen molar-refractivity contribution >= 4 is 11.6 Å². The summed E-state index contributed by atoms with van der Waals surface area (Å²) in [6.07, 6.45) is 0. The van der Waals surface area contributed by atoms with Gasteiger partial charge in [0.1, 0.15) is 5.56 Å². The number of benzene rings is 1. The van der Waals surface area contributed by atoms with Gasteiger partial charge in [-0.2, -0.15) is 0 Å². The van der Waals surface area contributed by atoms with E-state index in [-0.39, 0.29) is 0 Å². The molecule has 0 unspecified atom stereocenters. The number of hydrogen-bond donors (Lipinski definition) is 1. The molecule has 2 saturated heterocycles. The van der Waals surface area contributed by atoms with Crippen LogP contribution in [0.1, 0.15) is 10.4 Å². The van der Waals surface area contributed by atoms with E-state index in [2.05, 4.69) is 5.32 Å². The number of nitro benzene ring substituents is 1. The zero-order chi connectivity index (χ0) is 15.1. The van der Waals surface area contributed by atoms with Crippen molar-refractivity contribution in [2.75, 3.05) is 26.2 Å². The minimum Gasteiger partial charge on any atom is -0.338 e. The summed E-state index contributed by atoms with van der Waals surface area (Å²) < 4.78 is 26.5. The molecule has 2 atom stereocenters. The average Bonchev–Trinajstić information content (AvgIpc) is 3.01. The molecular formula is C13H13F2N3O3. The van der Waals surface area contributed by atoms with Crippen LogP contribution >= 0.6 is 0 Å². The van der Waals surface area contributed by atoms with Gasteiger partial charge in [0.2, 0.25) is 0 Å². The third-order valence-electron chi connectivity index (χ3n) is 4.14. The van der Waals surface area contributed by atoms with Crippen LogP contribution in [-0.2, 0) is 0 Å². The molecule has 0 spiro atoms. The minimum absolute atomic E-state index is 0.318. The summed E-state index contributed by atoms with van der Waals surface area (Å²) in [4.78, 5) is 23.9. The van der Waals surface area contributed by atoms with Crippen molar-refractivity contribution in [2.45, 2.75) is 0 Å². The van der Waals surface area contributed by atoms with E-state index >= 15 is 0 Å². The molecule has 1 N–H and O–H groups in total. The lowest BCUT2D eigenvalue weighted by Crippen LogP contribution is -2.32. The van der Waals surface area contributed by atoms with Crippen molar-refractivity contribution in [3.8, 4) is 0 Å². The van der Waals surface area contributed by atoms with Crippen molar-refractivity contribution in [1.29, 1.82) is 0 Å². The van der Waals surface area contributed by atoms with Crippen LogP contribution in [-0.4, -0.2) is 41.9 Å². The lowest BCUT2D eigenvalue weighted by Gasteiger charge is -2.17. The lowest BCUT2D eigenvalue weighted by molar-refractivity contribution is -0.385. The summed E-state index contributed by atoms with van der Waals surface area (Å²) in [7, 11) is 0. The molecule has 2 heterocycles. The third kappa shape index (κ3) is 2.35. The van der Waals surface area contributed by atoms with E-state index in [0.29, 0.717) is 37.1 Å². The van der Waals surface area contributed by atoms with Gasteiger partial charge in [-0.15, -0.1) is 0 Å². The SMILES string of the molecule is O=C(c1cc(F)c(F)cc1[N+](=O)[O-])N1C[C@H]2CNC[C@H]2C1. The number of carbonyl (C=O) groups is 1. The van der Waals surface area contributed by atoms with E-state index < -0.39 is 33.7 Å². The van der Waals surface area contributed by atoms with Gasteiger partial charge in [0, 0.05) is 26.2 Å². The molecule has 8 heteroatoms. The maximum atomic E-state index is 13.3. The second-order valence-electron chi connectivity index (χ2n) is 5.43. The quantitative estimate of drug-likeness (QED) is 0.656. The molecule has 0 radical (unpaired) electrons. The fraction of sp³-hybridized carbons (Fsp3) is 0.462. The van der Waals surface area contributed by atoms with Crippen molar-refractivity contribution in [1.82, 2.24) is 10.2 Å². The van der Waals surface area contributed by atoms with Crippen molar-refractivity contribution in [2.24, 2.45) is 11.8 Å². The Morgan fingerprint density at radius 1 is 1.24 bits per heavy atom. The molecule has 1 aromatic rings. The second kappa shape index (κ2) is 5.03. The lowest BCUT2D eigenvalue weighted by atomic mass is 10.0. The summed E-state index contributed by atoms with van der Waals surface area (Å²) in [6.45, 7) is 2.56. The number of nitro groups is 1. The summed E-state index contributed by atoms with van der Waals surface area (Å²) in [6, 6.07) is 1.07. The Morgan fingerprint density at radius 2 is 1.81 bits per heavy atom. The number of nitrogens with zero attached hydrogens (tertiary/aromatic N) is 2. The molecular weight excluding hydrogens is 284 g/mol. The fourth-order valence-electron chi connectivity index (χ4n) is 3.05. The van der Waals surface area contributed by atoms with E-state index in [1.165, 1.54) is 4.90 Å². The van der Waals surface area contributed by atoms with E-state index in [4.69, 9.17) is 0 Å². The zero-order valence-electron chi connectivity index (χ0n) is 11.0. The van der Waals surface area contributed by atoms with Crippen LogP contribution in [0, 0.1) is 33.6 Å². The highest BCUT2D eigenvalue weighted by Crippen LogP contribution is 2.30. The Morgan fingerprint density at radius 3 is 2.38 bits per heavy atom. The van der Waals surface area contributed by atoms with Gasteiger partial charge in [-0.25, -0.2) is 8.78 Å². The summed E-state index contributed by atoms with van der Waals surface area (Å²) in [5.74, 6) is -2.57. The largest absolute Gasteiger partial charge is 0.338 e. The molecule has 0 aromatic heterocycles. The highest BCUT2D eigenvalue weighted by molar-refractivity contribution is 5.98. The van der Waals surface area contributed by atoms with Gasteiger partial charge < -0.3 is 10.2 Å². The number of hydrogen-bond acceptors (Lipinski definition) is 4. The maximum absolute atomic E-state index is 13.3. The van der Waals surface area contributed by atoms with Crippen LogP contribution in [0.4, 0.5) is 14.5 Å². The Bertz CT molecular complexity index is 611. The van der Waals surface area contributed by atoms with Gasteiger partial charge in [0.15, 0.2) is 11.6 Å². The first-order chi connectivity index (χ1) is 9.97. The predicted octanol–water partition coefficient (Wildman–Crippen LogP) is 1.16. The Kier molecular flexibility index (Phi) is 3.32. The Hall–Kier alpha value is -2.09. The highest BCUT2D eigenvalue weighted by atomic mass is 19.2. The third-order valence-corrected chi connectivity index (χ3v) is 4.14. The molecule has 2 aliphatic rings.